The lowest BCUT2D eigenvalue weighted by Crippen LogP contribution is -2.53. The number of carbonyl (C=O) groups is 3. The van der Waals surface area contributed by atoms with Crippen molar-refractivity contribution >= 4 is 18.0 Å². The molecule has 2 atom stereocenters. The van der Waals surface area contributed by atoms with E-state index >= 15 is 0 Å². The van der Waals surface area contributed by atoms with Gasteiger partial charge in [0.05, 0.1) is 13.0 Å². The molecule has 1 heterocycles. The van der Waals surface area contributed by atoms with Crippen molar-refractivity contribution in [3.63, 3.8) is 0 Å². The molecule has 0 saturated carbocycles. The van der Waals surface area contributed by atoms with E-state index in [0.29, 0.717) is 19.4 Å². The number of amides is 2. The fourth-order valence-corrected chi connectivity index (χ4v) is 2.21. The van der Waals surface area contributed by atoms with Gasteiger partial charge in [-0.25, -0.2) is 9.59 Å². The Hall–Kier alpha value is -1.79. The Morgan fingerprint density at radius 1 is 1.35 bits per heavy atom. The fraction of sp³-hybridized carbons (Fsp3) is 0.769. The van der Waals surface area contributed by atoms with Gasteiger partial charge >= 0.3 is 18.0 Å². The van der Waals surface area contributed by atoms with E-state index in [0.717, 1.165) is 0 Å². The van der Waals surface area contributed by atoms with E-state index in [-0.39, 0.29) is 12.5 Å². The number of hydrogen-bond donors (Lipinski definition) is 2. The number of rotatable bonds is 4. The largest absolute Gasteiger partial charge is 0.481 e. The fourth-order valence-electron chi connectivity index (χ4n) is 2.21. The van der Waals surface area contributed by atoms with Crippen LogP contribution in [0.3, 0.4) is 0 Å². The van der Waals surface area contributed by atoms with Gasteiger partial charge in [-0.1, -0.05) is 13.8 Å². The van der Waals surface area contributed by atoms with Crippen LogP contribution in [-0.4, -0.2) is 54.2 Å². The summed E-state index contributed by atoms with van der Waals surface area (Å²) in [5.41, 5.74) is 0. The van der Waals surface area contributed by atoms with Crippen LogP contribution in [0.1, 0.15) is 26.7 Å². The zero-order chi connectivity index (χ0) is 15.3. The number of likely N-dealkylation sites (tertiary alicyclic amines) is 1. The second-order valence-corrected chi connectivity index (χ2v) is 5.32. The highest BCUT2D eigenvalue weighted by atomic mass is 16.5. The number of nitrogens with zero attached hydrogens (tertiary/aromatic N) is 1. The average Bonchev–Trinajstić information content (AvgIpc) is 2.43. The van der Waals surface area contributed by atoms with Gasteiger partial charge in [-0.2, -0.15) is 0 Å². The lowest BCUT2D eigenvalue weighted by atomic mass is 9.98. The molecule has 0 aromatic heterocycles. The molecule has 0 aromatic rings. The smallest absolute Gasteiger partial charge is 0.328 e. The van der Waals surface area contributed by atoms with Crippen LogP contribution in [-0.2, 0) is 14.3 Å². The maximum atomic E-state index is 12.1. The zero-order valence-corrected chi connectivity index (χ0v) is 12.1. The summed E-state index contributed by atoms with van der Waals surface area (Å²) in [4.78, 5) is 36.1. The number of aliphatic carboxylic acids is 1. The Morgan fingerprint density at radius 3 is 2.50 bits per heavy atom. The number of methoxy groups -OCH3 is 1. The molecule has 7 nitrogen and oxygen atoms in total. The monoisotopic (exact) mass is 286 g/mol. The normalized spacial score (nSPS) is 20.4. The number of carbonyl (C=O) groups excluding carboxylic acids is 2. The average molecular weight is 286 g/mol. The molecule has 114 valence electrons. The number of piperidine rings is 1. The molecule has 1 rings (SSSR count). The summed E-state index contributed by atoms with van der Waals surface area (Å²) in [7, 11) is 1.27. The molecule has 2 N–H and O–H groups in total. The molecular formula is C13H22N2O5. The van der Waals surface area contributed by atoms with E-state index < -0.39 is 29.9 Å². The van der Waals surface area contributed by atoms with Crippen LogP contribution in [0.5, 0.6) is 0 Å². The van der Waals surface area contributed by atoms with Crippen molar-refractivity contribution in [2.75, 3.05) is 20.2 Å². The Kier molecular flexibility index (Phi) is 5.79. The van der Waals surface area contributed by atoms with Gasteiger partial charge in [0.25, 0.3) is 0 Å². The highest BCUT2D eigenvalue weighted by Crippen LogP contribution is 2.17. The van der Waals surface area contributed by atoms with Crippen molar-refractivity contribution in [1.29, 1.82) is 0 Å². The minimum Gasteiger partial charge on any atom is -0.481 e. The molecule has 1 fully saturated rings. The first-order valence-electron chi connectivity index (χ1n) is 6.72. The van der Waals surface area contributed by atoms with Crippen LogP contribution < -0.4 is 5.32 Å². The van der Waals surface area contributed by atoms with E-state index in [9.17, 15) is 14.4 Å². The van der Waals surface area contributed by atoms with Gasteiger partial charge in [-0.3, -0.25) is 4.79 Å². The van der Waals surface area contributed by atoms with Crippen LogP contribution in [0.2, 0.25) is 0 Å². The highest BCUT2D eigenvalue weighted by Gasteiger charge is 2.31. The number of hydrogen-bond acceptors (Lipinski definition) is 4. The molecule has 1 unspecified atom stereocenters. The molecule has 1 aliphatic rings. The maximum Gasteiger partial charge on any atom is 0.328 e. The van der Waals surface area contributed by atoms with Crippen molar-refractivity contribution < 1.29 is 24.2 Å². The highest BCUT2D eigenvalue weighted by molar-refractivity contribution is 5.84. The zero-order valence-electron chi connectivity index (χ0n) is 12.1. The number of carboxylic acid groups (broad SMARTS) is 1. The summed E-state index contributed by atoms with van der Waals surface area (Å²) in [6, 6.07) is -1.14. The number of urea groups is 1. The minimum absolute atomic E-state index is 0.105. The van der Waals surface area contributed by atoms with Gasteiger partial charge in [0.15, 0.2) is 0 Å². The van der Waals surface area contributed by atoms with Gasteiger partial charge in [-0.15, -0.1) is 0 Å². The second kappa shape index (κ2) is 7.12. The molecule has 1 aliphatic heterocycles. The summed E-state index contributed by atoms with van der Waals surface area (Å²) in [6.07, 6.45) is 1.22. The van der Waals surface area contributed by atoms with E-state index in [2.05, 4.69) is 10.1 Å². The van der Waals surface area contributed by atoms with Crippen LogP contribution in [0, 0.1) is 11.8 Å². The first-order valence-corrected chi connectivity index (χ1v) is 6.72. The van der Waals surface area contributed by atoms with Crippen molar-refractivity contribution in [2.45, 2.75) is 32.7 Å². The number of ether oxygens (including phenoxy) is 1. The second-order valence-electron chi connectivity index (χ2n) is 5.32. The Morgan fingerprint density at radius 2 is 2.00 bits per heavy atom. The van der Waals surface area contributed by atoms with Crippen molar-refractivity contribution in [1.82, 2.24) is 10.2 Å². The van der Waals surface area contributed by atoms with Gasteiger partial charge in [0.1, 0.15) is 6.04 Å². The SMILES string of the molecule is COC(=O)C(NC(=O)N1CCC[C@H](C(=O)O)C1)C(C)C. The van der Waals surface area contributed by atoms with Crippen molar-refractivity contribution in [3.8, 4) is 0 Å². The first kappa shape index (κ1) is 16.3. The van der Waals surface area contributed by atoms with Gasteiger partial charge in [0.2, 0.25) is 0 Å². The summed E-state index contributed by atoms with van der Waals surface area (Å²) >= 11 is 0. The third-order valence-electron chi connectivity index (χ3n) is 3.46. The number of carboxylic acids is 1. The summed E-state index contributed by atoms with van der Waals surface area (Å²) in [5, 5.41) is 11.6. The maximum absolute atomic E-state index is 12.1. The molecule has 0 aromatic carbocycles. The van der Waals surface area contributed by atoms with Crippen LogP contribution in [0.25, 0.3) is 0 Å². The lowest BCUT2D eigenvalue weighted by Gasteiger charge is -2.32. The van der Waals surface area contributed by atoms with Gasteiger partial charge < -0.3 is 20.1 Å². The number of nitrogens with one attached hydrogen (secondary N) is 1. The standard InChI is InChI=1S/C13H22N2O5/c1-8(2)10(12(18)20-3)14-13(19)15-6-4-5-9(7-15)11(16)17/h8-10H,4-7H2,1-3H3,(H,14,19)(H,16,17)/t9-,10?/m0/s1. The molecule has 0 spiro atoms. The van der Waals surface area contributed by atoms with Crippen LogP contribution in [0.15, 0.2) is 0 Å². The quantitative estimate of drug-likeness (QED) is 0.741. The first-order chi connectivity index (χ1) is 9.36. The molecule has 7 heteroatoms. The molecular weight excluding hydrogens is 264 g/mol. The summed E-state index contributed by atoms with van der Waals surface area (Å²) in [6.45, 7) is 4.28. The lowest BCUT2D eigenvalue weighted by molar-refractivity contribution is -0.145. The van der Waals surface area contributed by atoms with Gasteiger partial charge in [-0.05, 0) is 18.8 Å². The van der Waals surface area contributed by atoms with E-state index in [1.165, 1.54) is 12.0 Å². The third-order valence-corrected chi connectivity index (χ3v) is 3.46. The van der Waals surface area contributed by atoms with Gasteiger partial charge in [0, 0.05) is 13.1 Å². The minimum atomic E-state index is -0.893. The molecule has 0 bridgehead atoms. The van der Waals surface area contributed by atoms with Crippen molar-refractivity contribution in [3.05, 3.63) is 0 Å². The molecule has 20 heavy (non-hydrogen) atoms. The molecule has 1 saturated heterocycles. The molecule has 0 radical (unpaired) electrons. The topological polar surface area (TPSA) is 95.9 Å². The predicted molar refractivity (Wildman–Crippen MR) is 71.1 cm³/mol. The Bertz CT molecular complexity index is 383. The van der Waals surface area contributed by atoms with Crippen LogP contribution >= 0.6 is 0 Å². The predicted octanol–water partition coefficient (Wildman–Crippen LogP) is 0.690. The summed E-state index contributed by atoms with van der Waals surface area (Å²) in [5.74, 6) is -2.03. The third kappa shape index (κ3) is 4.11. The van der Waals surface area contributed by atoms with Crippen LogP contribution in [0.4, 0.5) is 4.79 Å². The number of esters is 1. The molecule has 2 amide bonds. The van der Waals surface area contributed by atoms with E-state index in [1.807, 2.05) is 0 Å². The summed E-state index contributed by atoms with van der Waals surface area (Å²) < 4.78 is 4.65. The molecule has 0 aliphatic carbocycles. The van der Waals surface area contributed by atoms with Crippen molar-refractivity contribution in [2.24, 2.45) is 11.8 Å². The Balaban J connectivity index is 2.64. The Labute approximate surface area is 118 Å². The van der Waals surface area contributed by atoms with E-state index in [4.69, 9.17) is 5.11 Å². The van der Waals surface area contributed by atoms with E-state index in [1.54, 1.807) is 13.8 Å².